The summed E-state index contributed by atoms with van der Waals surface area (Å²) in [6.07, 6.45) is 0. The fraction of sp³-hybridized carbons (Fsp3) is 0. The minimum Gasteiger partial charge on any atom is -0.457 e. The summed E-state index contributed by atoms with van der Waals surface area (Å²) in [6.45, 7) is 0.00349. The number of anilines is 6. The minimum atomic E-state index is -0.0511. The van der Waals surface area contributed by atoms with Crippen LogP contribution in [0.3, 0.4) is 0 Å². The Bertz CT molecular complexity index is 3930. The Labute approximate surface area is 415 Å². The standard InChI is InChI=1S/C62H38B2N2O2S2/c1-5-17-41(18-6-1)65-54-38-57-52(64-50-26-14-16-28-56(50)70-62-48-32-30-46(68-44-23-11-4-12-24-44)34-40(48)36-58(69-57)60(62)64)37-51(54)63-49-25-13-15-27-53(49)66(42-19-7-2-8-20-42)61-47-31-29-45(67-43-21-9-3-10-22-43)33-39(47)35-55(65)59(61)63/h1-38H. The van der Waals surface area contributed by atoms with Crippen molar-refractivity contribution >= 4 is 125 Å². The molecule has 326 valence electrons. The number of nitrogens with zero attached hydrogens (tertiary/aromatic N) is 2. The van der Waals surface area contributed by atoms with Crippen molar-refractivity contribution in [3.8, 4) is 23.0 Å². The van der Waals surface area contributed by atoms with Gasteiger partial charge in [0.05, 0.1) is 5.69 Å². The van der Waals surface area contributed by atoms with E-state index in [1.807, 2.05) is 84.2 Å². The van der Waals surface area contributed by atoms with Crippen molar-refractivity contribution in [3.05, 3.63) is 231 Å². The van der Waals surface area contributed by atoms with E-state index in [2.05, 4.69) is 180 Å². The second kappa shape index (κ2) is 15.8. The number of ether oxygens (including phenoxy) is 2. The maximum Gasteiger partial charge on any atom is 0.252 e. The molecule has 4 nitrogen and oxygen atoms in total. The molecule has 0 saturated carbocycles. The second-order valence-corrected chi connectivity index (χ2v) is 20.5. The molecule has 11 aromatic carbocycles. The molecule has 0 fully saturated rings. The molecule has 8 heteroatoms. The lowest BCUT2D eigenvalue weighted by atomic mass is 9.31. The zero-order valence-electron chi connectivity index (χ0n) is 37.6. The van der Waals surface area contributed by atoms with Gasteiger partial charge in [-0.25, -0.2) is 0 Å². The van der Waals surface area contributed by atoms with E-state index in [0.717, 1.165) is 39.8 Å². The van der Waals surface area contributed by atoms with Crippen LogP contribution in [0.4, 0.5) is 34.1 Å². The smallest absolute Gasteiger partial charge is 0.252 e. The van der Waals surface area contributed by atoms with E-state index in [1.165, 1.54) is 91.3 Å². The first-order valence-electron chi connectivity index (χ1n) is 23.8. The maximum absolute atomic E-state index is 6.55. The summed E-state index contributed by atoms with van der Waals surface area (Å²) in [7, 11) is 0. The first-order chi connectivity index (χ1) is 34.7. The van der Waals surface area contributed by atoms with E-state index < -0.39 is 0 Å². The van der Waals surface area contributed by atoms with Crippen molar-refractivity contribution in [2.45, 2.75) is 19.6 Å². The molecule has 0 bridgehead atoms. The van der Waals surface area contributed by atoms with Gasteiger partial charge in [-0.05, 0) is 153 Å². The Hall–Kier alpha value is -8.03. The van der Waals surface area contributed by atoms with E-state index in [0.29, 0.717) is 0 Å². The van der Waals surface area contributed by atoms with Gasteiger partial charge in [0.1, 0.15) is 23.0 Å². The van der Waals surface area contributed by atoms with Crippen LogP contribution in [-0.2, 0) is 0 Å². The molecule has 0 aliphatic carbocycles. The maximum atomic E-state index is 6.55. The van der Waals surface area contributed by atoms with Crippen molar-refractivity contribution in [1.82, 2.24) is 0 Å². The molecule has 4 aliphatic rings. The van der Waals surface area contributed by atoms with Gasteiger partial charge < -0.3 is 19.3 Å². The van der Waals surface area contributed by atoms with Gasteiger partial charge in [-0.2, -0.15) is 0 Å². The fourth-order valence-electron chi connectivity index (χ4n) is 11.5. The molecule has 4 heterocycles. The number of hydrogen-bond donors (Lipinski definition) is 0. The van der Waals surface area contributed by atoms with Crippen LogP contribution in [0.1, 0.15) is 0 Å². The van der Waals surface area contributed by atoms with Crippen molar-refractivity contribution in [2.75, 3.05) is 9.80 Å². The Kier molecular flexibility index (Phi) is 8.98. The molecule has 0 saturated heterocycles. The Morgan fingerprint density at radius 3 is 1.60 bits per heavy atom. The molecule has 0 aromatic heterocycles. The average Bonchev–Trinajstić information content (AvgIpc) is 3.41. The normalized spacial score (nSPS) is 13.5. The monoisotopic (exact) mass is 928 g/mol. The third-order valence-electron chi connectivity index (χ3n) is 14.4. The zero-order valence-corrected chi connectivity index (χ0v) is 39.3. The zero-order chi connectivity index (χ0) is 45.9. The number of para-hydroxylation sites is 5. The Morgan fingerprint density at radius 1 is 0.329 bits per heavy atom. The Balaban J connectivity index is 0.992. The summed E-state index contributed by atoms with van der Waals surface area (Å²) in [4.78, 5) is 10.2. The molecule has 0 amide bonds. The second-order valence-electron chi connectivity index (χ2n) is 18.3. The summed E-state index contributed by atoms with van der Waals surface area (Å²) >= 11 is 3.82. The summed E-state index contributed by atoms with van der Waals surface area (Å²) in [6, 6.07) is 83.3. The van der Waals surface area contributed by atoms with Gasteiger partial charge in [0.2, 0.25) is 6.71 Å². The van der Waals surface area contributed by atoms with Gasteiger partial charge in [-0.15, -0.1) is 0 Å². The highest BCUT2D eigenvalue weighted by Gasteiger charge is 2.47. The van der Waals surface area contributed by atoms with E-state index >= 15 is 0 Å². The van der Waals surface area contributed by atoms with Gasteiger partial charge in [0.15, 0.2) is 0 Å². The van der Waals surface area contributed by atoms with Crippen LogP contribution in [0, 0.1) is 0 Å². The lowest BCUT2D eigenvalue weighted by molar-refractivity contribution is 0.483. The topological polar surface area (TPSA) is 24.9 Å². The first-order valence-corrected chi connectivity index (χ1v) is 25.4. The van der Waals surface area contributed by atoms with E-state index in [-0.39, 0.29) is 13.4 Å². The van der Waals surface area contributed by atoms with Gasteiger partial charge in [0, 0.05) is 53.4 Å². The van der Waals surface area contributed by atoms with Crippen molar-refractivity contribution in [2.24, 2.45) is 0 Å². The van der Waals surface area contributed by atoms with Gasteiger partial charge in [-0.3, -0.25) is 0 Å². The van der Waals surface area contributed by atoms with Crippen molar-refractivity contribution in [1.29, 1.82) is 0 Å². The summed E-state index contributed by atoms with van der Waals surface area (Å²) in [5.41, 5.74) is 15.0. The number of rotatable bonds is 6. The van der Waals surface area contributed by atoms with Gasteiger partial charge >= 0.3 is 0 Å². The van der Waals surface area contributed by atoms with E-state index in [4.69, 9.17) is 9.47 Å². The largest absolute Gasteiger partial charge is 0.457 e. The predicted molar refractivity (Wildman–Crippen MR) is 294 cm³/mol. The highest BCUT2D eigenvalue weighted by atomic mass is 32.2. The average molecular weight is 929 g/mol. The predicted octanol–water partition coefficient (Wildman–Crippen LogP) is 13.1. The van der Waals surface area contributed by atoms with Crippen molar-refractivity contribution < 1.29 is 9.47 Å². The number of benzene rings is 11. The minimum absolute atomic E-state index is 0.0511. The van der Waals surface area contributed by atoms with Crippen LogP contribution in [0.2, 0.25) is 0 Å². The summed E-state index contributed by atoms with van der Waals surface area (Å²) in [5.74, 6) is 3.27. The van der Waals surface area contributed by atoms with Crippen LogP contribution >= 0.6 is 23.5 Å². The third kappa shape index (κ3) is 6.16. The number of hydrogen-bond acceptors (Lipinski definition) is 6. The summed E-state index contributed by atoms with van der Waals surface area (Å²) in [5, 5.41) is 4.72. The van der Waals surface area contributed by atoms with E-state index in [1.54, 1.807) is 0 Å². The number of fused-ring (bicyclic) bond motifs is 12. The van der Waals surface area contributed by atoms with Crippen LogP contribution in [-0.4, -0.2) is 13.4 Å². The summed E-state index contributed by atoms with van der Waals surface area (Å²) < 4.78 is 13.0. The molecule has 15 rings (SSSR count). The fourth-order valence-corrected chi connectivity index (χ4v) is 14.1. The van der Waals surface area contributed by atoms with Crippen LogP contribution in [0.15, 0.2) is 250 Å². The highest BCUT2D eigenvalue weighted by Crippen LogP contribution is 2.50. The molecule has 0 N–H and O–H groups in total. The van der Waals surface area contributed by atoms with Crippen LogP contribution in [0.25, 0.3) is 21.5 Å². The molecular formula is C62H38B2N2O2S2. The van der Waals surface area contributed by atoms with Crippen molar-refractivity contribution in [3.63, 3.8) is 0 Å². The lowest BCUT2D eigenvalue weighted by Gasteiger charge is -2.45. The molecule has 11 aromatic rings. The van der Waals surface area contributed by atoms with Crippen LogP contribution < -0.4 is 52.1 Å². The van der Waals surface area contributed by atoms with Crippen LogP contribution in [0.5, 0.6) is 23.0 Å². The highest BCUT2D eigenvalue weighted by molar-refractivity contribution is 8.01. The van der Waals surface area contributed by atoms with Gasteiger partial charge in [0.25, 0.3) is 6.71 Å². The first kappa shape index (κ1) is 39.9. The SMILES string of the molecule is c1ccc(Oc2ccc3c4c5c(cc3c2)Sc2cc3c(cc2B5c2ccccc2S4)B2c4ccccc4N(c4ccccc4)c4c2c(cc2cc(Oc5ccccc5)ccc42)N3c2ccccc2)cc1. The third-order valence-corrected chi connectivity index (χ3v) is 16.7. The molecule has 4 aliphatic heterocycles. The molecule has 0 unspecified atom stereocenters. The molecule has 70 heavy (non-hydrogen) atoms. The quantitative estimate of drug-likeness (QED) is 0.154. The molecule has 0 radical (unpaired) electrons. The Morgan fingerprint density at radius 2 is 0.900 bits per heavy atom. The van der Waals surface area contributed by atoms with Gasteiger partial charge in [-0.1, -0.05) is 150 Å². The molecule has 0 spiro atoms. The molecular weight excluding hydrogens is 890 g/mol. The van der Waals surface area contributed by atoms with E-state index in [9.17, 15) is 0 Å². The lowest BCUT2D eigenvalue weighted by Crippen LogP contribution is -2.64. The molecule has 0 atom stereocenters.